The van der Waals surface area contributed by atoms with Crippen molar-refractivity contribution in [2.24, 2.45) is 5.90 Å². The third-order valence-electron chi connectivity index (χ3n) is 3.13. The molecule has 1 aromatic rings. The van der Waals surface area contributed by atoms with Gasteiger partial charge in [-0.15, -0.1) is 0 Å². The molecule has 0 radical (unpaired) electrons. The maximum atomic E-state index is 5.27. The highest BCUT2D eigenvalue weighted by Crippen LogP contribution is 2.31. The van der Waals surface area contributed by atoms with Gasteiger partial charge in [0.15, 0.2) is 0 Å². The van der Waals surface area contributed by atoms with Crippen LogP contribution in [0.1, 0.15) is 31.7 Å². The monoisotopic (exact) mass is 252 g/mol. The van der Waals surface area contributed by atoms with Crippen LogP contribution in [0.3, 0.4) is 0 Å². The average Bonchev–Trinajstić information content (AvgIpc) is 2.86. The number of nitrogens with two attached hydrogens (primary N) is 1. The maximum absolute atomic E-state index is 5.27. The standard InChI is InChI=1S/C12H18N2O2.C2H6/c1-15-9-12-7-11(8-14(12)16-13)10-5-3-2-4-6-10;1-2/h2-6,11-12H,7-9,13H2,1H3;1-2H3. The van der Waals surface area contributed by atoms with E-state index in [2.05, 4.69) is 24.3 Å². The fourth-order valence-corrected chi connectivity index (χ4v) is 2.33. The predicted molar refractivity (Wildman–Crippen MR) is 72.8 cm³/mol. The quantitative estimate of drug-likeness (QED) is 0.835. The van der Waals surface area contributed by atoms with Crippen LogP contribution < -0.4 is 5.90 Å². The number of nitrogens with zero attached hydrogens (tertiary/aromatic N) is 1. The molecule has 0 bridgehead atoms. The zero-order valence-electron chi connectivity index (χ0n) is 11.5. The molecular formula is C14H24N2O2. The highest BCUT2D eigenvalue weighted by atomic mass is 16.8. The molecule has 1 aliphatic rings. The molecule has 1 fully saturated rings. The Hall–Kier alpha value is -0.940. The van der Waals surface area contributed by atoms with Crippen molar-refractivity contribution in [3.05, 3.63) is 35.9 Å². The van der Waals surface area contributed by atoms with Gasteiger partial charge in [-0.3, -0.25) is 0 Å². The van der Waals surface area contributed by atoms with Crippen molar-refractivity contribution in [3.8, 4) is 0 Å². The van der Waals surface area contributed by atoms with E-state index in [-0.39, 0.29) is 6.04 Å². The summed E-state index contributed by atoms with van der Waals surface area (Å²) in [5.41, 5.74) is 1.34. The first-order valence-electron chi connectivity index (χ1n) is 6.52. The molecule has 4 nitrogen and oxygen atoms in total. The minimum atomic E-state index is 0.250. The van der Waals surface area contributed by atoms with E-state index in [1.54, 1.807) is 12.2 Å². The lowest BCUT2D eigenvalue weighted by Crippen LogP contribution is -2.35. The highest BCUT2D eigenvalue weighted by Gasteiger charge is 2.33. The molecule has 0 saturated carbocycles. The Labute approximate surface area is 110 Å². The van der Waals surface area contributed by atoms with Crippen LogP contribution in [0.4, 0.5) is 0 Å². The molecule has 1 aromatic carbocycles. The summed E-state index contributed by atoms with van der Waals surface area (Å²) in [4.78, 5) is 4.88. The molecule has 2 rings (SSSR count). The van der Waals surface area contributed by atoms with Crippen LogP contribution in [0, 0.1) is 0 Å². The zero-order valence-corrected chi connectivity index (χ0v) is 11.5. The molecule has 102 valence electrons. The lowest BCUT2D eigenvalue weighted by atomic mass is 9.97. The van der Waals surface area contributed by atoms with E-state index < -0.39 is 0 Å². The lowest BCUT2D eigenvalue weighted by Gasteiger charge is -2.19. The Morgan fingerprint density at radius 3 is 2.50 bits per heavy atom. The second-order valence-electron chi connectivity index (χ2n) is 4.16. The summed E-state index contributed by atoms with van der Waals surface area (Å²) >= 11 is 0. The molecule has 0 spiro atoms. The second-order valence-corrected chi connectivity index (χ2v) is 4.16. The van der Waals surface area contributed by atoms with Crippen molar-refractivity contribution in [1.29, 1.82) is 0 Å². The van der Waals surface area contributed by atoms with Crippen molar-refractivity contribution < 1.29 is 9.68 Å². The van der Waals surface area contributed by atoms with E-state index in [0.717, 1.165) is 13.0 Å². The van der Waals surface area contributed by atoms with E-state index in [0.29, 0.717) is 12.5 Å². The number of hydrogen-bond acceptors (Lipinski definition) is 4. The number of benzene rings is 1. The number of methoxy groups -OCH3 is 1. The largest absolute Gasteiger partial charge is 0.383 e. The Kier molecular flexibility index (Phi) is 6.90. The third kappa shape index (κ3) is 3.78. The van der Waals surface area contributed by atoms with E-state index >= 15 is 0 Å². The molecule has 4 heteroatoms. The maximum Gasteiger partial charge on any atom is 0.0642 e. The number of rotatable bonds is 4. The molecule has 2 atom stereocenters. The normalized spacial score (nSPS) is 23.6. The van der Waals surface area contributed by atoms with E-state index in [1.165, 1.54) is 5.56 Å². The van der Waals surface area contributed by atoms with E-state index in [9.17, 15) is 0 Å². The predicted octanol–water partition coefficient (Wildman–Crippen LogP) is 2.32. The van der Waals surface area contributed by atoms with Crippen LogP contribution >= 0.6 is 0 Å². The molecule has 1 heterocycles. The fourth-order valence-electron chi connectivity index (χ4n) is 2.33. The van der Waals surface area contributed by atoms with Crippen LogP contribution in [0.2, 0.25) is 0 Å². The first-order valence-corrected chi connectivity index (χ1v) is 6.52. The van der Waals surface area contributed by atoms with Crippen molar-refractivity contribution in [3.63, 3.8) is 0 Å². The molecule has 0 aromatic heterocycles. The van der Waals surface area contributed by atoms with Crippen LogP contribution in [-0.2, 0) is 9.68 Å². The van der Waals surface area contributed by atoms with Crippen LogP contribution in [0.5, 0.6) is 0 Å². The van der Waals surface area contributed by atoms with Crippen LogP contribution in [0.25, 0.3) is 0 Å². The van der Waals surface area contributed by atoms with Gasteiger partial charge in [0.25, 0.3) is 0 Å². The average molecular weight is 252 g/mol. The van der Waals surface area contributed by atoms with Gasteiger partial charge >= 0.3 is 0 Å². The third-order valence-corrected chi connectivity index (χ3v) is 3.13. The van der Waals surface area contributed by atoms with Gasteiger partial charge < -0.3 is 4.74 Å². The highest BCUT2D eigenvalue weighted by molar-refractivity contribution is 5.21. The van der Waals surface area contributed by atoms with Gasteiger partial charge in [-0.25, -0.2) is 4.94 Å². The summed E-state index contributed by atoms with van der Waals surface area (Å²) in [6.07, 6.45) is 1.02. The zero-order chi connectivity index (χ0) is 13.4. The summed E-state index contributed by atoms with van der Waals surface area (Å²) in [5.74, 6) is 5.74. The molecule has 0 amide bonds. The summed E-state index contributed by atoms with van der Waals surface area (Å²) < 4.78 is 5.16. The molecule has 1 aliphatic heterocycles. The van der Waals surface area contributed by atoms with Gasteiger partial charge in [-0.05, 0) is 12.0 Å². The summed E-state index contributed by atoms with van der Waals surface area (Å²) in [5, 5.41) is 1.81. The Morgan fingerprint density at radius 1 is 1.28 bits per heavy atom. The smallest absolute Gasteiger partial charge is 0.0642 e. The van der Waals surface area contributed by atoms with E-state index in [4.69, 9.17) is 15.6 Å². The summed E-state index contributed by atoms with van der Waals surface area (Å²) in [6.45, 7) is 5.48. The Morgan fingerprint density at radius 2 is 1.94 bits per heavy atom. The van der Waals surface area contributed by atoms with Gasteiger partial charge in [0.2, 0.25) is 0 Å². The topological polar surface area (TPSA) is 47.7 Å². The number of hydroxylamine groups is 2. The number of hydrogen-bond donors (Lipinski definition) is 1. The first-order chi connectivity index (χ1) is 8.85. The SMILES string of the molecule is CC.COCC1CC(c2ccccc2)CN1ON. The van der Waals surface area contributed by atoms with Gasteiger partial charge in [0.1, 0.15) is 0 Å². The Bertz CT molecular complexity index is 319. The first kappa shape index (κ1) is 15.1. The van der Waals surface area contributed by atoms with Crippen LogP contribution in [-0.4, -0.2) is 31.4 Å². The van der Waals surface area contributed by atoms with Gasteiger partial charge in [0.05, 0.1) is 12.6 Å². The molecule has 18 heavy (non-hydrogen) atoms. The summed E-state index contributed by atoms with van der Waals surface area (Å²) in [7, 11) is 1.70. The molecule has 2 N–H and O–H groups in total. The van der Waals surface area contributed by atoms with Crippen molar-refractivity contribution in [1.82, 2.24) is 5.06 Å². The van der Waals surface area contributed by atoms with Crippen LogP contribution in [0.15, 0.2) is 30.3 Å². The van der Waals surface area contributed by atoms with E-state index in [1.807, 2.05) is 19.9 Å². The van der Waals surface area contributed by atoms with Crippen molar-refractivity contribution in [2.45, 2.75) is 32.2 Å². The minimum absolute atomic E-state index is 0.250. The second kappa shape index (κ2) is 8.21. The molecule has 2 unspecified atom stereocenters. The molecule has 1 saturated heterocycles. The van der Waals surface area contributed by atoms with Gasteiger partial charge in [-0.2, -0.15) is 11.0 Å². The fraction of sp³-hybridized carbons (Fsp3) is 0.571. The minimum Gasteiger partial charge on any atom is -0.383 e. The summed E-state index contributed by atoms with van der Waals surface area (Å²) in [6, 6.07) is 10.7. The molecular weight excluding hydrogens is 228 g/mol. The van der Waals surface area contributed by atoms with Gasteiger partial charge in [-0.1, -0.05) is 44.2 Å². The van der Waals surface area contributed by atoms with Crippen molar-refractivity contribution in [2.75, 3.05) is 20.3 Å². The van der Waals surface area contributed by atoms with Crippen molar-refractivity contribution >= 4 is 0 Å². The lowest BCUT2D eigenvalue weighted by molar-refractivity contribution is -0.181. The van der Waals surface area contributed by atoms with Gasteiger partial charge in [0, 0.05) is 19.6 Å². The Balaban J connectivity index is 0.000000771. The molecule has 0 aliphatic carbocycles. The number of ether oxygens (including phenoxy) is 1.